The molecule has 0 bridgehead atoms. The summed E-state index contributed by atoms with van der Waals surface area (Å²) >= 11 is 0. The van der Waals surface area contributed by atoms with Crippen molar-refractivity contribution >= 4 is 17.3 Å². The first-order chi connectivity index (χ1) is 9.31. The van der Waals surface area contributed by atoms with Gasteiger partial charge in [-0.2, -0.15) is 0 Å². The molecule has 106 valence electrons. The Kier molecular flexibility index (Phi) is 4.90. The highest BCUT2D eigenvalue weighted by Gasteiger charge is 2.16. The third-order valence-electron chi connectivity index (χ3n) is 2.36. The second-order valence-corrected chi connectivity index (χ2v) is 4.04. The number of carbonyl (C=O) groups is 1. The highest BCUT2D eigenvalue weighted by molar-refractivity contribution is 5.86. The van der Waals surface area contributed by atoms with Crippen molar-refractivity contribution in [1.82, 2.24) is 0 Å². The Bertz CT molecular complexity index is 549. The molecule has 20 heavy (non-hydrogen) atoms. The van der Waals surface area contributed by atoms with Crippen molar-refractivity contribution in [3.63, 3.8) is 0 Å². The van der Waals surface area contributed by atoms with E-state index >= 15 is 0 Å². The summed E-state index contributed by atoms with van der Waals surface area (Å²) in [5, 5.41) is 21.4. The van der Waals surface area contributed by atoms with Crippen LogP contribution in [0.15, 0.2) is 30.4 Å². The van der Waals surface area contributed by atoms with Crippen LogP contribution in [0.2, 0.25) is 0 Å². The third kappa shape index (κ3) is 4.16. The van der Waals surface area contributed by atoms with Crippen molar-refractivity contribution in [2.75, 3.05) is 6.61 Å². The molecule has 0 fully saturated rings. The molecule has 0 aliphatic heterocycles. The molecule has 1 aromatic carbocycles. The van der Waals surface area contributed by atoms with Gasteiger partial charge < -0.3 is 4.74 Å². The fourth-order valence-corrected chi connectivity index (χ4v) is 1.40. The van der Waals surface area contributed by atoms with Crippen molar-refractivity contribution in [3.05, 3.63) is 56.1 Å². The Morgan fingerprint density at radius 2 is 1.70 bits per heavy atom. The number of nitrogens with zero attached hydrogens (tertiary/aromatic N) is 2. The smallest absolute Gasteiger partial charge is 0.333 e. The first kappa shape index (κ1) is 15.3. The zero-order chi connectivity index (χ0) is 15.3. The van der Waals surface area contributed by atoms with E-state index in [1.165, 1.54) is 19.1 Å². The van der Waals surface area contributed by atoms with E-state index in [1.807, 2.05) is 0 Å². The van der Waals surface area contributed by atoms with Gasteiger partial charge in [0.2, 0.25) is 0 Å². The molecule has 8 heteroatoms. The SMILES string of the molecule is C=C(C)C(=O)OCCc1cc([N+](=O)[O-])cc([N+](=O)[O-])c1. The molecule has 0 heterocycles. The maximum atomic E-state index is 11.1. The molecule has 0 N–H and O–H groups in total. The number of ether oxygens (including phenoxy) is 1. The Labute approximate surface area is 114 Å². The van der Waals surface area contributed by atoms with Crippen molar-refractivity contribution in [1.29, 1.82) is 0 Å². The van der Waals surface area contributed by atoms with Gasteiger partial charge in [-0.25, -0.2) is 4.79 Å². The molecular formula is C12H12N2O6. The van der Waals surface area contributed by atoms with Crippen LogP contribution in [0.25, 0.3) is 0 Å². The summed E-state index contributed by atoms with van der Waals surface area (Å²) in [7, 11) is 0. The van der Waals surface area contributed by atoms with Crippen LogP contribution >= 0.6 is 0 Å². The molecule has 0 unspecified atom stereocenters. The van der Waals surface area contributed by atoms with Crippen molar-refractivity contribution in [2.24, 2.45) is 0 Å². The largest absolute Gasteiger partial charge is 0.462 e. The summed E-state index contributed by atoms with van der Waals surface area (Å²) in [4.78, 5) is 31.1. The standard InChI is InChI=1S/C12H12N2O6/c1-8(2)12(15)20-4-3-9-5-10(13(16)17)7-11(6-9)14(18)19/h5-7H,1,3-4H2,2H3. The molecular weight excluding hydrogens is 268 g/mol. The van der Waals surface area contributed by atoms with E-state index in [0.29, 0.717) is 5.56 Å². The number of carbonyl (C=O) groups excluding carboxylic acids is 1. The minimum Gasteiger partial charge on any atom is -0.462 e. The first-order valence-electron chi connectivity index (χ1n) is 5.56. The van der Waals surface area contributed by atoms with Crippen molar-refractivity contribution in [2.45, 2.75) is 13.3 Å². The predicted octanol–water partition coefficient (Wildman–Crippen LogP) is 2.16. The van der Waals surface area contributed by atoms with E-state index in [2.05, 4.69) is 6.58 Å². The third-order valence-corrected chi connectivity index (χ3v) is 2.36. The minimum atomic E-state index is -0.712. The lowest BCUT2D eigenvalue weighted by Crippen LogP contribution is -2.08. The van der Waals surface area contributed by atoms with Crippen LogP contribution in [-0.4, -0.2) is 22.4 Å². The molecule has 1 rings (SSSR count). The molecule has 0 spiro atoms. The Hall–Kier alpha value is -2.77. The molecule has 0 aromatic heterocycles. The molecule has 0 atom stereocenters. The van der Waals surface area contributed by atoms with Crippen LogP contribution < -0.4 is 0 Å². The van der Waals surface area contributed by atoms with Crippen LogP contribution in [-0.2, 0) is 16.0 Å². The summed E-state index contributed by atoms with van der Waals surface area (Å²) in [6.45, 7) is 4.85. The summed E-state index contributed by atoms with van der Waals surface area (Å²) in [5.41, 5.74) is -0.170. The van der Waals surface area contributed by atoms with Gasteiger partial charge in [0.1, 0.15) is 0 Å². The number of esters is 1. The molecule has 0 aliphatic carbocycles. The second kappa shape index (κ2) is 6.41. The van der Waals surface area contributed by atoms with Gasteiger partial charge >= 0.3 is 5.97 Å². The van der Waals surface area contributed by atoms with E-state index in [-0.39, 0.29) is 30.0 Å². The lowest BCUT2D eigenvalue weighted by molar-refractivity contribution is -0.394. The van der Waals surface area contributed by atoms with Crippen LogP contribution in [0.5, 0.6) is 0 Å². The summed E-state index contributed by atoms with van der Waals surface area (Å²) in [6, 6.07) is 3.30. The van der Waals surface area contributed by atoms with E-state index in [9.17, 15) is 25.0 Å². The molecule has 0 aliphatic rings. The maximum Gasteiger partial charge on any atom is 0.333 e. The fourth-order valence-electron chi connectivity index (χ4n) is 1.40. The first-order valence-corrected chi connectivity index (χ1v) is 5.56. The van der Waals surface area contributed by atoms with Gasteiger partial charge in [-0.05, 0) is 12.5 Å². The van der Waals surface area contributed by atoms with Crippen molar-refractivity contribution < 1.29 is 19.4 Å². The highest BCUT2D eigenvalue weighted by Crippen LogP contribution is 2.23. The fraction of sp³-hybridized carbons (Fsp3) is 0.250. The predicted molar refractivity (Wildman–Crippen MR) is 69.2 cm³/mol. The van der Waals surface area contributed by atoms with Crippen LogP contribution in [0.3, 0.4) is 0 Å². The van der Waals surface area contributed by atoms with Crippen LogP contribution in [0, 0.1) is 20.2 Å². The number of benzene rings is 1. The normalized spacial score (nSPS) is 9.85. The Balaban J connectivity index is 2.84. The van der Waals surface area contributed by atoms with Gasteiger partial charge in [-0.1, -0.05) is 6.58 Å². The second-order valence-electron chi connectivity index (χ2n) is 4.04. The van der Waals surface area contributed by atoms with Gasteiger partial charge in [0.25, 0.3) is 11.4 Å². The maximum absolute atomic E-state index is 11.1. The number of rotatable bonds is 6. The Morgan fingerprint density at radius 3 is 2.10 bits per heavy atom. The molecule has 8 nitrogen and oxygen atoms in total. The van der Waals surface area contributed by atoms with Gasteiger partial charge in [-0.15, -0.1) is 0 Å². The number of nitro benzene ring substituents is 2. The molecule has 0 saturated carbocycles. The van der Waals surface area contributed by atoms with Crippen LogP contribution in [0.4, 0.5) is 11.4 Å². The Morgan fingerprint density at radius 1 is 1.20 bits per heavy atom. The topological polar surface area (TPSA) is 113 Å². The monoisotopic (exact) mass is 280 g/mol. The van der Waals surface area contributed by atoms with Gasteiger partial charge in [0.05, 0.1) is 22.5 Å². The summed E-state index contributed by atoms with van der Waals surface area (Å²) < 4.78 is 4.83. The molecule has 0 amide bonds. The number of nitro groups is 2. The zero-order valence-corrected chi connectivity index (χ0v) is 10.7. The lowest BCUT2D eigenvalue weighted by Gasteiger charge is -2.04. The zero-order valence-electron chi connectivity index (χ0n) is 10.7. The molecule has 0 radical (unpaired) electrons. The molecule has 1 aromatic rings. The van der Waals surface area contributed by atoms with E-state index in [0.717, 1.165) is 6.07 Å². The number of hydrogen-bond donors (Lipinski definition) is 0. The quantitative estimate of drug-likeness (QED) is 0.341. The minimum absolute atomic E-state index is 0.0377. The number of non-ortho nitro benzene ring substituents is 2. The van der Waals surface area contributed by atoms with E-state index < -0.39 is 15.8 Å². The van der Waals surface area contributed by atoms with E-state index in [4.69, 9.17) is 4.74 Å². The summed E-state index contributed by atoms with van der Waals surface area (Å²) in [5.74, 6) is -0.579. The van der Waals surface area contributed by atoms with Crippen LogP contribution in [0.1, 0.15) is 12.5 Å². The average Bonchev–Trinajstić information content (AvgIpc) is 2.37. The van der Waals surface area contributed by atoms with Gasteiger partial charge in [0.15, 0.2) is 0 Å². The average molecular weight is 280 g/mol. The van der Waals surface area contributed by atoms with Crippen molar-refractivity contribution in [3.8, 4) is 0 Å². The summed E-state index contributed by atoms with van der Waals surface area (Å²) in [6.07, 6.45) is 0.140. The highest BCUT2D eigenvalue weighted by atomic mass is 16.6. The van der Waals surface area contributed by atoms with E-state index in [1.54, 1.807) is 0 Å². The van der Waals surface area contributed by atoms with Gasteiger partial charge in [0, 0.05) is 24.1 Å². The lowest BCUT2D eigenvalue weighted by atomic mass is 10.1. The van der Waals surface area contributed by atoms with Gasteiger partial charge in [-0.3, -0.25) is 20.2 Å². The molecule has 0 saturated heterocycles. The number of hydrogen-bond acceptors (Lipinski definition) is 6.